The fourth-order valence-electron chi connectivity index (χ4n) is 2.48. The van der Waals surface area contributed by atoms with E-state index in [1.165, 1.54) is 0 Å². The van der Waals surface area contributed by atoms with E-state index in [9.17, 15) is 4.79 Å². The van der Waals surface area contributed by atoms with Crippen molar-refractivity contribution >= 4 is 16.8 Å². The van der Waals surface area contributed by atoms with E-state index in [0.717, 1.165) is 23.0 Å². The van der Waals surface area contributed by atoms with Crippen LogP contribution >= 0.6 is 0 Å². The molecule has 0 saturated carbocycles. The predicted molar refractivity (Wildman–Crippen MR) is 68.7 cm³/mol. The van der Waals surface area contributed by atoms with Gasteiger partial charge >= 0.3 is 0 Å². The zero-order chi connectivity index (χ0) is 12.5. The Morgan fingerprint density at radius 1 is 1.50 bits per heavy atom. The summed E-state index contributed by atoms with van der Waals surface area (Å²) in [5.41, 5.74) is 7.77. The van der Waals surface area contributed by atoms with Crippen LogP contribution in [-0.4, -0.2) is 34.1 Å². The van der Waals surface area contributed by atoms with Crippen molar-refractivity contribution in [2.45, 2.75) is 13.0 Å². The van der Waals surface area contributed by atoms with E-state index in [1.54, 1.807) is 6.20 Å². The SMILES string of the molecule is NCC1CC(=O)N(Cc2ccc3[nH]ncc3c2)C1. The normalized spacial score (nSPS) is 19.9. The number of amides is 1. The molecule has 1 saturated heterocycles. The zero-order valence-electron chi connectivity index (χ0n) is 10.1. The van der Waals surface area contributed by atoms with Gasteiger partial charge in [0, 0.05) is 24.9 Å². The highest BCUT2D eigenvalue weighted by Crippen LogP contribution is 2.20. The Kier molecular flexibility index (Phi) is 2.76. The van der Waals surface area contributed by atoms with Gasteiger partial charge in [0.15, 0.2) is 0 Å². The summed E-state index contributed by atoms with van der Waals surface area (Å²) in [7, 11) is 0. The molecule has 1 aliphatic rings. The number of carbonyl (C=O) groups is 1. The number of benzene rings is 1. The van der Waals surface area contributed by atoms with Crippen LogP contribution in [0.15, 0.2) is 24.4 Å². The summed E-state index contributed by atoms with van der Waals surface area (Å²) in [6.45, 7) is 2.03. The van der Waals surface area contributed by atoms with Crippen LogP contribution in [0, 0.1) is 5.92 Å². The van der Waals surface area contributed by atoms with E-state index in [2.05, 4.69) is 16.3 Å². The van der Waals surface area contributed by atoms with E-state index >= 15 is 0 Å². The molecule has 2 heterocycles. The Balaban J connectivity index is 1.77. The number of likely N-dealkylation sites (tertiary alicyclic amines) is 1. The Hall–Kier alpha value is -1.88. The van der Waals surface area contributed by atoms with Crippen LogP contribution in [-0.2, 0) is 11.3 Å². The van der Waals surface area contributed by atoms with Gasteiger partial charge in [0.1, 0.15) is 0 Å². The number of nitrogens with zero attached hydrogens (tertiary/aromatic N) is 2. The summed E-state index contributed by atoms with van der Waals surface area (Å²) in [5, 5.41) is 7.99. The lowest BCUT2D eigenvalue weighted by Gasteiger charge is -2.16. The molecule has 18 heavy (non-hydrogen) atoms. The second-order valence-electron chi connectivity index (χ2n) is 4.87. The van der Waals surface area contributed by atoms with E-state index in [4.69, 9.17) is 5.73 Å². The fraction of sp³-hybridized carbons (Fsp3) is 0.385. The molecule has 3 N–H and O–H groups in total. The van der Waals surface area contributed by atoms with Crippen molar-refractivity contribution in [3.8, 4) is 0 Å². The van der Waals surface area contributed by atoms with E-state index in [0.29, 0.717) is 25.4 Å². The maximum Gasteiger partial charge on any atom is 0.223 e. The Morgan fingerprint density at radius 3 is 3.17 bits per heavy atom. The van der Waals surface area contributed by atoms with Crippen molar-refractivity contribution in [3.05, 3.63) is 30.0 Å². The molecule has 1 aromatic heterocycles. The standard InChI is InChI=1S/C13H16N4O/c14-5-10-4-13(18)17(8-10)7-9-1-2-12-11(3-9)6-15-16-12/h1-3,6,10H,4-5,7-8,14H2,(H,15,16). The Morgan fingerprint density at radius 2 is 2.39 bits per heavy atom. The number of aromatic amines is 1. The molecule has 2 aromatic rings. The summed E-state index contributed by atoms with van der Waals surface area (Å²) in [4.78, 5) is 13.7. The summed E-state index contributed by atoms with van der Waals surface area (Å²) < 4.78 is 0. The number of rotatable bonds is 3. The molecule has 3 rings (SSSR count). The van der Waals surface area contributed by atoms with Gasteiger partial charge in [-0.1, -0.05) is 6.07 Å². The molecule has 0 bridgehead atoms. The van der Waals surface area contributed by atoms with Crippen LogP contribution in [0.2, 0.25) is 0 Å². The molecule has 94 valence electrons. The Bertz CT molecular complexity index is 577. The molecule has 1 aromatic carbocycles. The third-order valence-electron chi connectivity index (χ3n) is 3.51. The fourth-order valence-corrected chi connectivity index (χ4v) is 2.48. The van der Waals surface area contributed by atoms with Crippen molar-refractivity contribution in [2.24, 2.45) is 11.7 Å². The maximum atomic E-state index is 11.8. The van der Waals surface area contributed by atoms with Crippen molar-refractivity contribution in [2.75, 3.05) is 13.1 Å². The molecule has 5 nitrogen and oxygen atoms in total. The number of carbonyl (C=O) groups excluding carboxylic acids is 1. The third kappa shape index (κ3) is 1.97. The second kappa shape index (κ2) is 4.42. The molecule has 0 spiro atoms. The summed E-state index contributed by atoms with van der Waals surface area (Å²) in [6.07, 6.45) is 2.39. The van der Waals surface area contributed by atoms with Gasteiger partial charge < -0.3 is 10.6 Å². The lowest BCUT2D eigenvalue weighted by molar-refractivity contribution is -0.128. The lowest BCUT2D eigenvalue weighted by Crippen LogP contribution is -2.25. The van der Waals surface area contributed by atoms with Crippen LogP contribution in [0.5, 0.6) is 0 Å². The minimum atomic E-state index is 0.206. The molecule has 1 amide bonds. The van der Waals surface area contributed by atoms with Gasteiger partial charge in [0.2, 0.25) is 5.91 Å². The van der Waals surface area contributed by atoms with Crippen LogP contribution in [0.25, 0.3) is 10.9 Å². The number of nitrogens with one attached hydrogen (secondary N) is 1. The average molecular weight is 244 g/mol. The van der Waals surface area contributed by atoms with Crippen molar-refractivity contribution in [1.29, 1.82) is 0 Å². The molecule has 1 unspecified atom stereocenters. The van der Waals surface area contributed by atoms with Gasteiger partial charge in [0.25, 0.3) is 0 Å². The van der Waals surface area contributed by atoms with Gasteiger partial charge in [-0.25, -0.2) is 0 Å². The third-order valence-corrected chi connectivity index (χ3v) is 3.51. The first-order chi connectivity index (χ1) is 8.76. The molecule has 0 aliphatic carbocycles. The van der Waals surface area contributed by atoms with Gasteiger partial charge in [-0.05, 0) is 30.2 Å². The number of fused-ring (bicyclic) bond motifs is 1. The molecule has 0 radical (unpaired) electrons. The minimum absolute atomic E-state index is 0.206. The van der Waals surface area contributed by atoms with Crippen LogP contribution in [0.1, 0.15) is 12.0 Å². The zero-order valence-corrected chi connectivity index (χ0v) is 10.1. The van der Waals surface area contributed by atoms with Gasteiger partial charge in [-0.15, -0.1) is 0 Å². The van der Waals surface area contributed by atoms with Crippen LogP contribution in [0.4, 0.5) is 0 Å². The summed E-state index contributed by atoms with van der Waals surface area (Å²) in [5.74, 6) is 0.521. The first-order valence-corrected chi connectivity index (χ1v) is 6.16. The molecule has 5 heteroatoms. The highest BCUT2D eigenvalue weighted by atomic mass is 16.2. The first-order valence-electron chi connectivity index (χ1n) is 6.16. The monoisotopic (exact) mass is 244 g/mol. The smallest absolute Gasteiger partial charge is 0.223 e. The first kappa shape index (κ1) is 11.2. The highest BCUT2D eigenvalue weighted by Gasteiger charge is 2.28. The van der Waals surface area contributed by atoms with Crippen LogP contribution < -0.4 is 5.73 Å². The molecule has 1 atom stereocenters. The largest absolute Gasteiger partial charge is 0.338 e. The molecular formula is C13H16N4O. The molecular weight excluding hydrogens is 228 g/mol. The van der Waals surface area contributed by atoms with Crippen molar-refractivity contribution < 1.29 is 4.79 Å². The van der Waals surface area contributed by atoms with Crippen LogP contribution in [0.3, 0.4) is 0 Å². The highest BCUT2D eigenvalue weighted by molar-refractivity contribution is 5.80. The number of nitrogens with two attached hydrogens (primary N) is 1. The van der Waals surface area contributed by atoms with Crippen molar-refractivity contribution in [3.63, 3.8) is 0 Å². The summed E-state index contributed by atoms with van der Waals surface area (Å²) >= 11 is 0. The topological polar surface area (TPSA) is 75.0 Å². The van der Waals surface area contributed by atoms with Gasteiger partial charge in [-0.2, -0.15) is 5.10 Å². The minimum Gasteiger partial charge on any atom is -0.338 e. The quantitative estimate of drug-likeness (QED) is 0.841. The van der Waals surface area contributed by atoms with Gasteiger partial charge in [-0.3, -0.25) is 9.89 Å². The molecule has 1 aliphatic heterocycles. The molecule has 1 fully saturated rings. The number of hydrogen-bond acceptors (Lipinski definition) is 3. The number of aromatic nitrogens is 2. The van der Waals surface area contributed by atoms with Gasteiger partial charge in [0.05, 0.1) is 11.7 Å². The predicted octanol–water partition coefficient (Wildman–Crippen LogP) is 0.870. The van der Waals surface area contributed by atoms with E-state index in [1.807, 2.05) is 17.0 Å². The summed E-state index contributed by atoms with van der Waals surface area (Å²) in [6, 6.07) is 6.10. The maximum absolute atomic E-state index is 11.8. The number of hydrogen-bond donors (Lipinski definition) is 2. The second-order valence-corrected chi connectivity index (χ2v) is 4.87. The van der Waals surface area contributed by atoms with E-state index < -0.39 is 0 Å². The Labute approximate surface area is 105 Å². The van der Waals surface area contributed by atoms with Crippen molar-refractivity contribution in [1.82, 2.24) is 15.1 Å². The van der Waals surface area contributed by atoms with E-state index in [-0.39, 0.29) is 5.91 Å². The average Bonchev–Trinajstić information content (AvgIpc) is 2.96. The number of H-pyrrole nitrogens is 1. The lowest BCUT2D eigenvalue weighted by atomic mass is 10.1.